The number of nitrogens with zero attached hydrogens (tertiary/aromatic N) is 3. The zero-order chi connectivity index (χ0) is 23.3. The minimum absolute atomic E-state index is 0.180. The van der Waals surface area contributed by atoms with Crippen molar-refractivity contribution >= 4 is 38.9 Å². The van der Waals surface area contributed by atoms with Crippen molar-refractivity contribution in [2.24, 2.45) is 5.10 Å². The van der Waals surface area contributed by atoms with E-state index in [1.54, 1.807) is 5.01 Å². The molecule has 33 heavy (non-hydrogen) atoms. The molecule has 2 N–H and O–H groups in total. The zero-order valence-electron chi connectivity index (χ0n) is 19.2. The summed E-state index contributed by atoms with van der Waals surface area (Å²) in [4.78, 5) is 19.7. The topological polar surface area (TPSA) is 71.6 Å². The number of pyridine rings is 1. The summed E-state index contributed by atoms with van der Waals surface area (Å²) >= 11 is 1.35. The van der Waals surface area contributed by atoms with Crippen LogP contribution in [0, 0.1) is 27.7 Å². The van der Waals surface area contributed by atoms with E-state index in [1.807, 2.05) is 19.9 Å². The highest BCUT2D eigenvalue weighted by molar-refractivity contribution is 7.21. The Kier molecular flexibility index (Phi) is 5.25. The molecular weight excluding hydrogens is 428 g/mol. The van der Waals surface area contributed by atoms with Crippen LogP contribution in [0.2, 0.25) is 0 Å². The summed E-state index contributed by atoms with van der Waals surface area (Å²) in [5, 5.41) is 7.30. The number of nitrogens with two attached hydrogens (primary N) is 1. The van der Waals surface area contributed by atoms with Crippen LogP contribution in [-0.4, -0.2) is 21.6 Å². The van der Waals surface area contributed by atoms with Gasteiger partial charge in [-0.05, 0) is 50.5 Å². The predicted octanol–water partition coefficient (Wildman–Crippen LogP) is 6.10. The first-order valence-electron chi connectivity index (χ1n) is 11.0. The number of aromatic nitrogens is 1. The lowest BCUT2D eigenvalue weighted by molar-refractivity contribution is 0.0717. The molecule has 5 rings (SSSR count). The van der Waals surface area contributed by atoms with E-state index in [-0.39, 0.29) is 11.9 Å². The maximum Gasteiger partial charge on any atom is 0.286 e. The standard InChI is InChI=1S/C27H26N4OS/c1-15-5-9-19(10-6-15)21-14-22(20-11-7-16(2)8-12-20)31(30-21)27(32)25-24(28)23-17(3)13-18(4)29-26(23)33-25/h5-13,22H,14,28H2,1-4H3. The van der Waals surface area contributed by atoms with Crippen LogP contribution in [0.5, 0.6) is 0 Å². The average Bonchev–Trinajstić information content (AvgIpc) is 3.36. The van der Waals surface area contributed by atoms with Gasteiger partial charge < -0.3 is 5.73 Å². The fourth-order valence-electron chi connectivity index (χ4n) is 4.40. The molecule has 1 atom stereocenters. The number of hydrazone groups is 1. The normalized spacial score (nSPS) is 15.8. The molecule has 5 nitrogen and oxygen atoms in total. The molecule has 0 aliphatic carbocycles. The van der Waals surface area contributed by atoms with E-state index < -0.39 is 0 Å². The lowest BCUT2D eigenvalue weighted by Crippen LogP contribution is -2.27. The van der Waals surface area contributed by atoms with Crippen LogP contribution in [0.15, 0.2) is 59.7 Å². The second-order valence-electron chi connectivity index (χ2n) is 8.80. The number of rotatable bonds is 3. The molecule has 3 heterocycles. The Balaban J connectivity index is 1.60. The quantitative estimate of drug-likeness (QED) is 0.406. The molecule has 0 fully saturated rings. The van der Waals surface area contributed by atoms with Crippen molar-refractivity contribution < 1.29 is 4.79 Å². The van der Waals surface area contributed by atoms with Gasteiger partial charge in [-0.25, -0.2) is 9.99 Å². The van der Waals surface area contributed by atoms with Crippen molar-refractivity contribution in [1.82, 2.24) is 9.99 Å². The largest absolute Gasteiger partial charge is 0.397 e. The SMILES string of the molecule is Cc1ccc(C2=NN(C(=O)c3sc4nc(C)cc(C)c4c3N)C(c3ccc(C)cc3)C2)cc1. The van der Waals surface area contributed by atoms with Gasteiger partial charge in [0.15, 0.2) is 0 Å². The smallest absolute Gasteiger partial charge is 0.286 e. The maximum absolute atomic E-state index is 13.8. The van der Waals surface area contributed by atoms with Crippen LogP contribution in [0.25, 0.3) is 10.2 Å². The number of amides is 1. The third-order valence-corrected chi connectivity index (χ3v) is 7.27. The molecule has 0 spiro atoms. The van der Waals surface area contributed by atoms with E-state index in [0.717, 1.165) is 38.3 Å². The van der Waals surface area contributed by atoms with Gasteiger partial charge in [-0.1, -0.05) is 59.7 Å². The van der Waals surface area contributed by atoms with Gasteiger partial charge in [0.1, 0.15) is 9.71 Å². The van der Waals surface area contributed by atoms with Gasteiger partial charge in [-0.2, -0.15) is 5.10 Å². The number of carbonyl (C=O) groups excluding carboxylic acids is 1. The minimum Gasteiger partial charge on any atom is -0.397 e. The van der Waals surface area contributed by atoms with Crippen LogP contribution >= 0.6 is 11.3 Å². The number of nitrogen functional groups attached to an aromatic ring is 1. The molecule has 0 radical (unpaired) electrons. The Morgan fingerprint density at radius 2 is 1.64 bits per heavy atom. The highest BCUT2D eigenvalue weighted by atomic mass is 32.1. The van der Waals surface area contributed by atoms with E-state index in [9.17, 15) is 4.79 Å². The number of carbonyl (C=O) groups is 1. The van der Waals surface area contributed by atoms with Crippen LogP contribution in [0.3, 0.4) is 0 Å². The molecule has 166 valence electrons. The number of benzene rings is 2. The monoisotopic (exact) mass is 454 g/mol. The van der Waals surface area contributed by atoms with Gasteiger partial charge in [0.2, 0.25) is 0 Å². The lowest BCUT2D eigenvalue weighted by Gasteiger charge is -2.22. The molecule has 0 saturated carbocycles. The first kappa shape index (κ1) is 21.3. The van der Waals surface area contributed by atoms with E-state index in [4.69, 9.17) is 10.8 Å². The number of hydrogen-bond donors (Lipinski definition) is 1. The molecule has 2 aromatic carbocycles. The Morgan fingerprint density at radius 3 is 2.30 bits per heavy atom. The lowest BCUT2D eigenvalue weighted by atomic mass is 9.97. The first-order chi connectivity index (χ1) is 15.8. The Bertz CT molecular complexity index is 1400. The van der Waals surface area contributed by atoms with Gasteiger partial charge in [-0.15, -0.1) is 11.3 Å². The van der Waals surface area contributed by atoms with Gasteiger partial charge in [0, 0.05) is 17.5 Å². The summed E-state index contributed by atoms with van der Waals surface area (Å²) in [6, 6.07) is 18.4. The minimum atomic E-state index is -0.185. The van der Waals surface area contributed by atoms with Crippen LogP contribution in [0.4, 0.5) is 5.69 Å². The number of thiophene rings is 1. The van der Waals surface area contributed by atoms with Crippen molar-refractivity contribution in [3.63, 3.8) is 0 Å². The van der Waals surface area contributed by atoms with E-state index >= 15 is 0 Å². The zero-order valence-corrected chi connectivity index (χ0v) is 20.0. The average molecular weight is 455 g/mol. The van der Waals surface area contributed by atoms with Crippen LogP contribution < -0.4 is 5.73 Å². The van der Waals surface area contributed by atoms with Gasteiger partial charge in [0.25, 0.3) is 5.91 Å². The molecule has 2 aromatic heterocycles. The highest BCUT2D eigenvalue weighted by Gasteiger charge is 2.35. The van der Waals surface area contributed by atoms with E-state index in [0.29, 0.717) is 17.0 Å². The van der Waals surface area contributed by atoms with Crippen LogP contribution in [-0.2, 0) is 0 Å². The summed E-state index contributed by atoms with van der Waals surface area (Å²) < 4.78 is 0. The molecule has 4 aromatic rings. The van der Waals surface area contributed by atoms with Gasteiger partial charge in [0.05, 0.1) is 17.4 Å². The summed E-state index contributed by atoms with van der Waals surface area (Å²) in [6.07, 6.45) is 0.652. The van der Waals surface area contributed by atoms with Crippen molar-refractivity contribution in [2.45, 2.75) is 40.2 Å². The third kappa shape index (κ3) is 3.80. The molecular formula is C27H26N4OS. The van der Waals surface area contributed by atoms with Crippen molar-refractivity contribution in [1.29, 1.82) is 0 Å². The number of anilines is 1. The fraction of sp³-hybridized carbons (Fsp3) is 0.222. The van der Waals surface area contributed by atoms with E-state index in [1.165, 1.54) is 22.5 Å². The molecule has 0 bridgehead atoms. The molecule has 1 amide bonds. The number of aryl methyl sites for hydroxylation is 4. The number of fused-ring (bicyclic) bond motifs is 1. The van der Waals surface area contributed by atoms with Crippen LogP contribution in [0.1, 0.15) is 55.6 Å². The summed E-state index contributed by atoms with van der Waals surface area (Å²) in [7, 11) is 0. The predicted molar refractivity (Wildman–Crippen MR) is 136 cm³/mol. The maximum atomic E-state index is 13.8. The molecule has 6 heteroatoms. The van der Waals surface area contributed by atoms with E-state index in [2.05, 4.69) is 67.4 Å². The van der Waals surface area contributed by atoms with Crippen molar-refractivity contribution in [2.75, 3.05) is 5.73 Å². The second-order valence-corrected chi connectivity index (χ2v) is 9.80. The van der Waals surface area contributed by atoms with Gasteiger partial charge >= 0.3 is 0 Å². The fourth-order valence-corrected chi connectivity index (χ4v) is 5.55. The van der Waals surface area contributed by atoms with Crippen molar-refractivity contribution in [3.8, 4) is 0 Å². The first-order valence-corrected chi connectivity index (χ1v) is 11.8. The van der Waals surface area contributed by atoms with Gasteiger partial charge in [-0.3, -0.25) is 4.79 Å². The summed E-state index contributed by atoms with van der Waals surface area (Å²) in [5.41, 5.74) is 14.3. The molecule has 0 saturated heterocycles. The Hall–Kier alpha value is -3.51. The molecule has 1 unspecified atom stereocenters. The highest BCUT2D eigenvalue weighted by Crippen LogP contribution is 2.40. The Labute approximate surface area is 197 Å². The second kappa shape index (κ2) is 8.12. The van der Waals surface area contributed by atoms with Crippen molar-refractivity contribution in [3.05, 3.63) is 93.0 Å². The summed E-state index contributed by atoms with van der Waals surface area (Å²) in [6.45, 7) is 8.08. The molecule has 1 aliphatic heterocycles. The number of hydrogen-bond acceptors (Lipinski definition) is 5. The molecule has 1 aliphatic rings. The third-order valence-electron chi connectivity index (χ3n) is 6.18. The summed E-state index contributed by atoms with van der Waals surface area (Å²) in [5.74, 6) is -0.180. The Morgan fingerprint density at radius 1 is 1.00 bits per heavy atom.